The number of hydrogen-bond donors (Lipinski definition) is 0. The van der Waals surface area contributed by atoms with Crippen molar-refractivity contribution in [3.05, 3.63) is 36.0 Å². The maximum atomic E-state index is 11.7. The van der Waals surface area contributed by atoms with Crippen LogP contribution in [-0.4, -0.2) is 5.78 Å². The Balaban J connectivity index is 0.000000921. The molecule has 0 aliphatic heterocycles. The highest BCUT2D eigenvalue weighted by atomic mass is 16.1. The first-order valence-corrected chi connectivity index (χ1v) is 5.73. The monoisotopic (exact) mass is 206 g/mol. The molecule has 15 heavy (non-hydrogen) atoms. The van der Waals surface area contributed by atoms with Gasteiger partial charge in [-0.1, -0.05) is 45.6 Å². The molecule has 0 N–H and O–H groups in total. The van der Waals surface area contributed by atoms with Crippen LogP contribution < -0.4 is 0 Å². The maximum absolute atomic E-state index is 11.7. The average Bonchev–Trinajstić information content (AvgIpc) is 2.28. The van der Waals surface area contributed by atoms with Gasteiger partial charge in [-0.25, -0.2) is 0 Å². The van der Waals surface area contributed by atoms with Gasteiger partial charge in [0.05, 0.1) is 0 Å². The van der Waals surface area contributed by atoms with E-state index in [1.165, 1.54) is 5.57 Å². The highest BCUT2D eigenvalue weighted by Gasteiger charge is 2.25. The summed E-state index contributed by atoms with van der Waals surface area (Å²) in [6.45, 7) is 11.6. The van der Waals surface area contributed by atoms with E-state index in [1.807, 2.05) is 39.8 Å². The lowest BCUT2D eigenvalue weighted by atomic mass is 9.81. The van der Waals surface area contributed by atoms with E-state index < -0.39 is 0 Å². The molecule has 1 unspecified atom stereocenters. The van der Waals surface area contributed by atoms with Crippen molar-refractivity contribution in [3.8, 4) is 0 Å². The van der Waals surface area contributed by atoms with Gasteiger partial charge in [0.25, 0.3) is 0 Å². The van der Waals surface area contributed by atoms with Gasteiger partial charge in [-0.2, -0.15) is 0 Å². The van der Waals surface area contributed by atoms with E-state index in [0.29, 0.717) is 0 Å². The molecule has 1 heteroatoms. The van der Waals surface area contributed by atoms with E-state index >= 15 is 0 Å². The molecular weight excluding hydrogens is 184 g/mol. The van der Waals surface area contributed by atoms with E-state index in [-0.39, 0.29) is 11.7 Å². The minimum atomic E-state index is 0.176. The molecule has 0 saturated heterocycles. The van der Waals surface area contributed by atoms with Crippen LogP contribution in [0, 0.1) is 5.92 Å². The second-order valence-corrected chi connectivity index (χ2v) is 3.43. The van der Waals surface area contributed by atoms with Crippen molar-refractivity contribution in [2.75, 3.05) is 0 Å². The van der Waals surface area contributed by atoms with Crippen LogP contribution in [0.3, 0.4) is 0 Å². The fraction of sp³-hybridized carbons (Fsp3) is 0.500. The van der Waals surface area contributed by atoms with Crippen LogP contribution in [-0.2, 0) is 4.79 Å². The Labute approximate surface area is 93.6 Å². The third-order valence-corrected chi connectivity index (χ3v) is 2.54. The molecular formula is C14H22O. The quantitative estimate of drug-likeness (QED) is 0.591. The molecule has 0 spiro atoms. The second kappa shape index (κ2) is 7.22. The largest absolute Gasteiger partial charge is 0.294 e. The van der Waals surface area contributed by atoms with Crippen LogP contribution in [0.4, 0.5) is 0 Å². The predicted octanol–water partition coefficient (Wildman–Crippen LogP) is 4.07. The fourth-order valence-corrected chi connectivity index (χ4v) is 1.67. The molecule has 0 bridgehead atoms. The molecule has 1 fully saturated rings. The molecule has 0 aromatic heterocycles. The molecule has 0 radical (unpaired) electrons. The molecule has 1 saturated carbocycles. The molecule has 84 valence electrons. The summed E-state index contributed by atoms with van der Waals surface area (Å²) in [5.74, 6) is 0.439. The number of carbonyl (C=O) groups excluding carboxylic acids is 1. The van der Waals surface area contributed by atoms with Crippen LogP contribution in [0.2, 0.25) is 0 Å². The van der Waals surface area contributed by atoms with Gasteiger partial charge in [-0.3, -0.25) is 4.79 Å². The van der Waals surface area contributed by atoms with Crippen LogP contribution >= 0.6 is 0 Å². The molecule has 0 amide bonds. The summed E-state index contributed by atoms with van der Waals surface area (Å²) in [5.41, 5.74) is 2.03. The SMILES string of the molecule is C=C/C=C1/C(=O)C(C)CC/C1=C/C.CC. The van der Waals surface area contributed by atoms with E-state index in [2.05, 4.69) is 6.58 Å². The highest BCUT2D eigenvalue weighted by Crippen LogP contribution is 2.29. The van der Waals surface area contributed by atoms with E-state index in [4.69, 9.17) is 0 Å². The summed E-state index contributed by atoms with van der Waals surface area (Å²) < 4.78 is 0. The third kappa shape index (κ3) is 3.50. The molecule has 1 aliphatic carbocycles. The van der Waals surface area contributed by atoms with Crippen molar-refractivity contribution in [1.29, 1.82) is 0 Å². The fourth-order valence-electron chi connectivity index (χ4n) is 1.67. The summed E-state index contributed by atoms with van der Waals surface area (Å²) in [6, 6.07) is 0. The topological polar surface area (TPSA) is 17.1 Å². The average molecular weight is 206 g/mol. The van der Waals surface area contributed by atoms with Gasteiger partial charge in [0.1, 0.15) is 0 Å². The Morgan fingerprint density at radius 2 is 2.00 bits per heavy atom. The molecule has 0 aromatic carbocycles. The Kier molecular flexibility index (Phi) is 6.68. The summed E-state index contributed by atoms with van der Waals surface area (Å²) >= 11 is 0. The first-order valence-electron chi connectivity index (χ1n) is 5.73. The smallest absolute Gasteiger partial charge is 0.165 e. The second-order valence-electron chi connectivity index (χ2n) is 3.43. The summed E-state index contributed by atoms with van der Waals surface area (Å²) in [4.78, 5) is 11.7. The normalized spacial score (nSPS) is 26.1. The lowest BCUT2D eigenvalue weighted by Gasteiger charge is -2.21. The predicted molar refractivity (Wildman–Crippen MR) is 66.8 cm³/mol. The number of ketones is 1. The van der Waals surface area contributed by atoms with E-state index in [9.17, 15) is 4.79 Å². The van der Waals surface area contributed by atoms with Gasteiger partial charge in [0.15, 0.2) is 5.78 Å². The number of carbonyl (C=O) groups is 1. The van der Waals surface area contributed by atoms with Crippen LogP contribution in [0.25, 0.3) is 0 Å². The molecule has 1 aliphatic rings. The number of Topliss-reactive ketones (excluding diaryl/α,β-unsaturated/α-hetero) is 1. The number of allylic oxidation sites excluding steroid dienone is 5. The van der Waals surface area contributed by atoms with Crippen molar-refractivity contribution >= 4 is 5.78 Å². The highest BCUT2D eigenvalue weighted by molar-refractivity contribution is 6.02. The third-order valence-electron chi connectivity index (χ3n) is 2.54. The standard InChI is InChI=1S/C12H16O.C2H6/c1-4-6-11-10(5-2)8-7-9(3)12(11)13;1-2/h4-6,9H,1,7-8H2,2-3H3;1-2H3/b10-5-,11-6+;. The minimum Gasteiger partial charge on any atom is -0.294 e. The lowest BCUT2D eigenvalue weighted by Crippen LogP contribution is -2.20. The number of rotatable bonds is 1. The van der Waals surface area contributed by atoms with Gasteiger partial charge in [-0.15, -0.1) is 0 Å². The molecule has 0 aromatic rings. The van der Waals surface area contributed by atoms with Gasteiger partial charge >= 0.3 is 0 Å². The molecule has 0 heterocycles. The number of hydrogen-bond acceptors (Lipinski definition) is 1. The maximum Gasteiger partial charge on any atom is 0.165 e. The van der Waals surface area contributed by atoms with E-state index in [0.717, 1.165) is 18.4 Å². The summed E-state index contributed by atoms with van der Waals surface area (Å²) in [7, 11) is 0. The van der Waals surface area contributed by atoms with Crippen LogP contribution in [0.15, 0.2) is 36.0 Å². The zero-order valence-corrected chi connectivity index (χ0v) is 10.3. The molecule has 1 rings (SSSR count). The summed E-state index contributed by atoms with van der Waals surface area (Å²) in [6.07, 6.45) is 7.54. The lowest BCUT2D eigenvalue weighted by molar-refractivity contribution is -0.119. The first-order chi connectivity index (χ1) is 7.20. The molecule has 1 atom stereocenters. The van der Waals surface area contributed by atoms with Crippen molar-refractivity contribution < 1.29 is 4.79 Å². The van der Waals surface area contributed by atoms with Crippen molar-refractivity contribution in [2.24, 2.45) is 5.92 Å². The van der Waals surface area contributed by atoms with Gasteiger partial charge in [-0.05, 0) is 25.3 Å². The Bertz CT molecular complexity index is 282. The van der Waals surface area contributed by atoms with Crippen molar-refractivity contribution in [2.45, 2.75) is 40.5 Å². The summed E-state index contributed by atoms with van der Waals surface area (Å²) in [5, 5.41) is 0. The van der Waals surface area contributed by atoms with Crippen molar-refractivity contribution in [1.82, 2.24) is 0 Å². The van der Waals surface area contributed by atoms with Gasteiger partial charge < -0.3 is 0 Å². The zero-order valence-electron chi connectivity index (χ0n) is 10.3. The Morgan fingerprint density at radius 3 is 2.47 bits per heavy atom. The first kappa shape index (κ1) is 13.9. The minimum absolute atomic E-state index is 0.176. The van der Waals surface area contributed by atoms with E-state index in [1.54, 1.807) is 6.08 Å². The van der Waals surface area contributed by atoms with Gasteiger partial charge in [0, 0.05) is 11.5 Å². The zero-order chi connectivity index (χ0) is 11.8. The van der Waals surface area contributed by atoms with Gasteiger partial charge in [0.2, 0.25) is 0 Å². The van der Waals surface area contributed by atoms with Crippen LogP contribution in [0.1, 0.15) is 40.5 Å². The van der Waals surface area contributed by atoms with Crippen molar-refractivity contribution in [3.63, 3.8) is 0 Å². The Morgan fingerprint density at radius 1 is 1.40 bits per heavy atom. The molecule has 1 nitrogen and oxygen atoms in total. The Hall–Kier alpha value is -1.11. The van der Waals surface area contributed by atoms with Crippen LogP contribution in [0.5, 0.6) is 0 Å².